The monoisotopic (exact) mass is 256 g/mol. The molecular weight excluding hydrogens is 236 g/mol. The van der Waals surface area contributed by atoms with Crippen molar-refractivity contribution in [1.82, 2.24) is 0 Å². The molecule has 2 atom stereocenters. The molecule has 2 aromatic rings. The maximum Gasteiger partial charge on any atom is 0.122 e. The van der Waals surface area contributed by atoms with Gasteiger partial charge in [-0.3, -0.25) is 0 Å². The molecule has 1 N–H and O–H groups in total. The third-order valence-electron chi connectivity index (χ3n) is 3.52. The summed E-state index contributed by atoms with van der Waals surface area (Å²) in [6, 6.07) is 17.9. The molecule has 0 aromatic heterocycles. The molecule has 0 spiro atoms. The third-order valence-corrected chi connectivity index (χ3v) is 3.52. The Morgan fingerprint density at radius 1 is 1.00 bits per heavy atom. The number of aliphatic hydroxyl groups is 1. The van der Waals surface area contributed by atoms with Gasteiger partial charge in [0.15, 0.2) is 0 Å². The van der Waals surface area contributed by atoms with Crippen molar-refractivity contribution in [2.45, 2.75) is 25.4 Å². The van der Waals surface area contributed by atoms with Gasteiger partial charge in [-0.1, -0.05) is 55.5 Å². The Morgan fingerprint density at radius 2 is 1.63 bits per heavy atom. The van der Waals surface area contributed by atoms with Gasteiger partial charge in [-0.15, -0.1) is 0 Å². The van der Waals surface area contributed by atoms with Crippen molar-refractivity contribution in [1.29, 1.82) is 0 Å². The van der Waals surface area contributed by atoms with Crippen molar-refractivity contribution in [3.63, 3.8) is 0 Å². The fourth-order valence-electron chi connectivity index (χ4n) is 2.25. The van der Waals surface area contributed by atoms with Crippen molar-refractivity contribution in [3.05, 3.63) is 65.7 Å². The Labute approximate surface area is 114 Å². The number of hydrogen-bond donors (Lipinski definition) is 1. The van der Waals surface area contributed by atoms with E-state index in [2.05, 4.69) is 19.1 Å². The average Bonchev–Trinajstić information content (AvgIpc) is 2.48. The summed E-state index contributed by atoms with van der Waals surface area (Å²) in [4.78, 5) is 0. The summed E-state index contributed by atoms with van der Waals surface area (Å²) in [5.41, 5.74) is 2.20. The highest BCUT2D eigenvalue weighted by molar-refractivity contribution is 5.34. The smallest absolute Gasteiger partial charge is 0.122 e. The van der Waals surface area contributed by atoms with E-state index in [1.54, 1.807) is 7.11 Å². The van der Waals surface area contributed by atoms with E-state index in [-0.39, 0.29) is 5.92 Å². The first-order valence-electron chi connectivity index (χ1n) is 6.57. The SMILES string of the molecule is COc1ccccc1CC(O)C(C)c1ccccc1. The van der Waals surface area contributed by atoms with Gasteiger partial charge in [0, 0.05) is 12.3 Å². The Kier molecular flexibility index (Phi) is 4.58. The van der Waals surface area contributed by atoms with Gasteiger partial charge in [-0.2, -0.15) is 0 Å². The summed E-state index contributed by atoms with van der Waals surface area (Å²) >= 11 is 0. The maximum absolute atomic E-state index is 10.4. The average molecular weight is 256 g/mol. The van der Waals surface area contributed by atoms with E-state index in [0.29, 0.717) is 6.42 Å². The second-order valence-electron chi connectivity index (χ2n) is 4.78. The molecule has 2 rings (SSSR count). The second-order valence-corrected chi connectivity index (χ2v) is 4.78. The predicted octanol–water partition coefficient (Wildman–Crippen LogP) is 3.40. The Bertz CT molecular complexity index is 508. The lowest BCUT2D eigenvalue weighted by molar-refractivity contribution is 0.148. The Morgan fingerprint density at radius 3 is 2.32 bits per heavy atom. The van der Waals surface area contributed by atoms with Crippen LogP contribution in [0.1, 0.15) is 24.0 Å². The van der Waals surface area contributed by atoms with Crippen molar-refractivity contribution < 1.29 is 9.84 Å². The molecule has 0 amide bonds. The highest BCUT2D eigenvalue weighted by Crippen LogP contribution is 2.25. The van der Waals surface area contributed by atoms with Gasteiger partial charge in [0.05, 0.1) is 13.2 Å². The van der Waals surface area contributed by atoms with E-state index in [0.717, 1.165) is 16.9 Å². The van der Waals surface area contributed by atoms with Crippen LogP contribution in [-0.2, 0) is 6.42 Å². The molecule has 0 radical (unpaired) electrons. The zero-order chi connectivity index (χ0) is 13.7. The molecule has 0 aliphatic rings. The quantitative estimate of drug-likeness (QED) is 0.888. The molecule has 2 heteroatoms. The first-order valence-corrected chi connectivity index (χ1v) is 6.57. The molecule has 0 aliphatic carbocycles. The Hall–Kier alpha value is -1.80. The van der Waals surface area contributed by atoms with Crippen LogP contribution in [0.15, 0.2) is 54.6 Å². The molecule has 100 valence electrons. The van der Waals surface area contributed by atoms with E-state index in [1.165, 1.54) is 0 Å². The number of benzene rings is 2. The summed E-state index contributed by atoms with van der Waals surface area (Å²) < 4.78 is 5.32. The summed E-state index contributed by atoms with van der Waals surface area (Å²) in [6.45, 7) is 2.05. The first kappa shape index (κ1) is 13.6. The third kappa shape index (κ3) is 3.36. The fraction of sp³-hybridized carbons (Fsp3) is 0.294. The topological polar surface area (TPSA) is 29.5 Å². The van der Waals surface area contributed by atoms with Crippen LogP contribution in [0.5, 0.6) is 5.75 Å². The molecule has 0 saturated heterocycles. The zero-order valence-electron chi connectivity index (χ0n) is 11.4. The number of aliphatic hydroxyl groups excluding tert-OH is 1. The molecule has 0 heterocycles. The van der Waals surface area contributed by atoms with Crippen molar-refractivity contribution in [3.8, 4) is 5.75 Å². The lowest BCUT2D eigenvalue weighted by Gasteiger charge is -2.20. The molecule has 0 aliphatic heterocycles. The van der Waals surface area contributed by atoms with E-state index in [4.69, 9.17) is 4.74 Å². The lowest BCUT2D eigenvalue weighted by Crippen LogP contribution is -2.19. The predicted molar refractivity (Wildman–Crippen MR) is 77.6 cm³/mol. The van der Waals surface area contributed by atoms with Crippen molar-refractivity contribution in [2.24, 2.45) is 0 Å². The number of hydrogen-bond acceptors (Lipinski definition) is 2. The number of para-hydroxylation sites is 1. The Balaban J connectivity index is 2.10. The van der Waals surface area contributed by atoms with Gasteiger partial charge in [0.1, 0.15) is 5.75 Å². The highest BCUT2D eigenvalue weighted by atomic mass is 16.5. The van der Waals surface area contributed by atoms with Crippen LogP contribution in [0.3, 0.4) is 0 Å². The van der Waals surface area contributed by atoms with Crippen LogP contribution >= 0.6 is 0 Å². The van der Waals surface area contributed by atoms with Gasteiger partial charge in [-0.25, -0.2) is 0 Å². The molecular formula is C17H20O2. The van der Waals surface area contributed by atoms with Crippen LogP contribution in [0.25, 0.3) is 0 Å². The molecule has 0 fully saturated rings. The highest BCUT2D eigenvalue weighted by Gasteiger charge is 2.18. The lowest BCUT2D eigenvalue weighted by atomic mass is 9.91. The summed E-state index contributed by atoms with van der Waals surface area (Å²) in [7, 11) is 1.66. The number of methoxy groups -OCH3 is 1. The largest absolute Gasteiger partial charge is 0.496 e. The summed E-state index contributed by atoms with van der Waals surface area (Å²) in [5.74, 6) is 0.938. The van der Waals surface area contributed by atoms with E-state index >= 15 is 0 Å². The van der Waals surface area contributed by atoms with Gasteiger partial charge >= 0.3 is 0 Å². The van der Waals surface area contributed by atoms with E-state index in [1.807, 2.05) is 42.5 Å². The molecule has 2 unspecified atom stereocenters. The fourth-order valence-corrected chi connectivity index (χ4v) is 2.25. The molecule has 2 aromatic carbocycles. The first-order chi connectivity index (χ1) is 9.22. The van der Waals surface area contributed by atoms with Gasteiger partial charge < -0.3 is 9.84 Å². The summed E-state index contributed by atoms with van der Waals surface area (Å²) in [6.07, 6.45) is 0.179. The zero-order valence-corrected chi connectivity index (χ0v) is 11.4. The minimum absolute atomic E-state index is 0.103. The number of rotatable bonds is 5. The minimum Gasteiger partial charge on any atom is -0.496 e. The van der Waals surface area contributed by atoms with Crippen LogP contribution in [0.2, 0.25) is 0 Å². The molecule has 19 heavy (non-hydrogen) atoms. The summed E-state index contributed by atoms with van der Waals surface area (Å²) in [5, 5.41) is 10.4. The minimum atomic E-state index is -0.418. The molecule has 0 saturated carbocycles. The van der Waals surface area contributed by atoms with Gasteiger partial charge in [0.25, 0.3) is 0 Å². The van der Waals surface area contributed by atoms with Crippen LogP contribution in [0.4, 0.5) is 0 Å². The van der Waals surface area contributed by atoms with E-state index in [9.17, 15) is 5.11 Å². The van der Waals surface area contributed by atoms with Crippen LogP contribution in [-0.4, -0.2) is 18.3 Å². The molecule has 0 bridgehead atoms. The van der Waals surface area contributed by atoms with Crippen LogP contribution in [0, 0.1) is 0 Å². The second kappa shape index (κ2) is 6.39. The molecule has 2 nitrogen and oxygen atoms in total. The normalized spacial score (nSPS) is 13.8. The van der Waals surface area contributed by atoms with Crippen LogP contribution < -0.4 is 4.74 Å². The van der Waals surface area contributed by atoms with Gasteiger partial charge in [0.2, 0.25) is 0 Å². The van der Waals surface area contributed by atoms with Crippen molar-refractivity contribution in [2.75, 3.05) is 7.11 Å². The standard InChI is InChI=1S/C17H20O2/c1-13(14-8-4-3-5-9-14)16(18)12-15-10-6-7-11-17(15)19-2/h3-11,13,16,18H,12H2,1-2H3. The maximum atomic E-state index is 10.4. The van der Waals surface area contributed by atoms with Gasteiger partial charge in [-0.05, 0) is 17.2 Å². The van der Waals surface area contributed by atoms with E-state index < -0.39 is 6.10 Å². The number of ether oxygens (including phenoxy) is 1. The van der Waals surface area contributed by atoms with Crippen molar-refractivity contribution >= 4 is 0 Å².